The Morgan fingerprint density at radius 2 is 1.89 bits per heavy atom. The molecule has 0 fully saturated rings. The molecule has 0 saturated carbocycles. The Kier molecular flexibility index (Phi) is 7.16. The first-order valence-electron chi connectivity index (χ1n) is 8.91. The fourth-order valence-electron chi connectivity index (χ4n) is 2.62. The highest BCUT2D eigenvalue weighted by Gasteiger charge is 2.24. The lowest BCUT2D eigenvalue weighted by atomic mass is 10.2. The van der Waals surface area contributed by atoms with Crippen LogP contribution >= 0.6 is 0 Å². The number of nitrogens with one attached hydrogen (secondary N) is 2. The maximum atomic E-state index is 12.7. The number of rotatable bonds is 8. The van der Waals surface area contributed by atoms with E-state index in [1.165, 1.54) is 17.2 Å². The number of hydrogen-bond acceptors (Lipinski definition) is 4. The second-order valence-corrected chi connectivity index (χ2v) is 6.30. The third kappa shape index (κ3) is 5.70. The van der Waals surface area contributed by atoms with E-state index in [9.17, 15) is 14.4 Å². The van der Waals surface area contributed by atoms with E-state index in [0.717, 1.165) is 5.56 Å². The monoisotopic (exact) mass is 371 g/mol. The highest BCUT2D eigenvalue weighted by Crippen LogP contribution is 2.13. The van der Waals surface area contributed by atoms with Crippen LogP contribution in [0.15, 0.2) is 47.1 Å². The van der Waals surface area contributed by atoms with Crippen LogP contribution in [0.4, 0.5) is 5.69 Å². The molecule has 0 aliphatic heterocycles. The Balaban J connectivity index is 1.98. The molecule has 0 saturated heterocycles. The van der Waals surface area contributed by atoms with Gasteiger partial charge in [-0.3, -0.25) is 14.4 Å². The van der Waals surface area contributed by atoms with E-state index in [1.807, 2.05) is 38.1 Å². The molecule has 7 heteroatoms. The van der Waals surface area contributed by atoms with Crippen LogP contribution in [0, 0.1) is 6.92 Å². The van der Waals surface area contributed by atoms with Gasteiger partial charge in [0.05, 0.1) is 12.8 Å². The molecular formula is C20H25N3O4. The lowest BCUT2D eigenvalue weighted by molar-refractivity contribution is -0.136. The second-order valence-electron chi connectivity index (χ2n) is 6.30. The van der Waals surface area contributed by atoms with Gasteiger partial charge >= 0.3 is 0 Å². The van der Waals surface area contributed by atoms with Gasteiger partial charge in [0.2, 0.25) is 11.8 Å². The van der Waals surface area contributed by atoms with Gasteiger partial charge in [0.1, 0.15) is 6.04 Å². The molecule has 0 aliphatic carbocycles. The van der Waals surface area contributed by atoms with E-state index in [4.69, 9.17) is 4.42 Å². The summed E-state index contributed by atoms with van der Waals surface area (Å²) >= 11 is 0. The maximum Gasteiger partial charge on any atom is 0.287 e. The molecule has 1 heterocycles. The number of nitrogens with zero attached hydrogens (tertiary/aromatic N) is 1. The molecule has 1 aromatic heterocycles. The number of para-hydroxylation sites is 1. The molecule has 0 radical (unpaired) electrons. The molecule has 0 bridgehead atoms. The van der Waals surface area contributed by atoms with E-state index in [0.29, 0.717) is 18.7 Å². The number of benzene rings is 1. The Morgan fingerprint density at radius 1 is 1.15 bits per heavy atom. The summed E-state index contributed by atoms with van der Waals surface area (Å²) < 4.78 is 5.02. The second kappa shape index (κ2) is 9.56. The molecule has 1 aromatic carbocycles. The van der Waals surface area contributed by atoms with Crippen LogP contribution in [0.3, 0.4) is 0 Å². The molecule has 144 valence electrons. The highest BCUT2D eigenvalue weighted by atomic mass is 16.3. The lowest BCUT2D eigenvalue weighted by Crippen LogP contribution is -2.49. The Labute approximate surface area is 158 Å². The highest BCUT2D eigenvalue weighted by molar-refractivity contribution is 5.98. The van der Waals surface area contributed by atoms with Crippen molar-refractivity contribution >= 4 is 23.4 Å². The standard InChI is InChI=1S/C20H25N3O4/c1-4-11-23(13-18(24)22-16-9-6-5-8-14(16)2)20(26)15(3)21-19(25)17-10-7-12-27-17/h5-10,12,15H,4,11,13H2,1-3H3,(H,21,25)(H,22,24). The molecule has 7 nitrogen and oxygen atoms in total. The van der Waals surface area contributed by atoms with Gasteiger partial charge in [-0.25, -0.2) is 0 Å². The third-order valence-corrected chi connectivity index (χ3v) is 4.02. The topological polar surface area (TPSA) is 91.7 Å². The van der Waals surface area contributed by atoms with Gasteiger partial charge in [0.15, 0.2) is 5.76 Å². The first-order valence-corrected chi connectivity index (χ1v) is 8.91. The van der Waals surface area contributed by atoms with E-state index in [-0.39, 0.29) is 24.1 Å². The third-order valence-electron chi connectivity index (χ3n) is 4.02. The zero-order valence-electron chi connectivity index (χ0n) is 15.8. The van der Waals surface area contributed by atoms with Crippen LogP contribution in [-0.2, 0) is 9.59 Å². The lowest BCUT2D eigenvalue weighted by Gasteiger charge is -2.25. The zero-order chi connectivity index (χ0) is 19.8. The minimum atomic E-state index is -0.777. The summed E-state index contributed by atoms with van der Waals surface area (Å²) in [6, 6.07) is 9.78. The SMILES string of the molecule is CCCN(CC(=O)Nc1ccccc1C)C(=O)C(C)NC(=O)c1ccco1. The molecular weight excluding hydrogens is 346 g/mol. The summed E-state index contributed by atoms with van der Waals surface area (Å²) in [6.07, 6.45) is 2.09. The molecule has 2 aromatic rings. The number of furan rings is 1. The molecule has 3 amide bonds. The number of carbonyl (C=O) groups excluding carboxylic acids is 3. The van der Waals surface area contributed by atoms with Crippen LogP contribution in [-0.4, -0.2) is 41.8 Å². The molecule has 2 N–H and O–H groups in total. The minimum absolute atomic E-state index is 0.0814. The van der Waals surface area contributed by atoms with Crippen molar-refractivity contribution in [1.82, 2.24) is 10.2 Å². The van der Waals surface area contributed by atoms with E-state index in [1.54, 1.807) is 13.0 Å². The van der Waals surface area contributed by atoms with Gasteiger partial charge < -0.3 is 20.0 Å². The summed E-state index contributed by atoms with van der Waals surface area (Å²) in [6.45, 7) is 5.75. The van der Waals surface area contributed by atoms with E-state index >= 15 is 0 Å². The average Bonchev–Trinajstić information content (AvgIpc) is 3.17. The van der Waals surface area contributed by atoms with Crippen LogP contribution in [0.1, 0.15) is 36.4 Å². The number of amides is 3. The van der Waals surface area contributed by atoms with Crippen molar-refractivity contribution in [3.05, 3.63) is 54.0 Å². The van der Waals surface area contributed by atoms with Crippen LogP contribution in [0.25, 0.3) is 0 Å². The van der Waals surface area contributed by atoms with Gasteiger partial charge in [-0.1, -0.05) is 25.1 Å². The van der Waals surface area contributed by atoms with Crippen molar-refractivity contribution in [1.29, 1.82) is 0 Å². The molecule has 27 heavy (non-hydrogen) atoms. The van der Waals surface area contributed by atoms with E-state index < -0.39 is 11.9 Å². The van der Waals surface area contributed by atoms with Gasteiger partial charge in [0, 0.05) is 12.2 Å². The van der Waals surface area contributed by atoms with Gasteiger partial charge in [-0.2, -0.15) is 0 Å². The van der Waals surface area contributed by atoms with Crippen LogP contribution in [0.5, 0.6) is 0 Å². The van der Waals surface area contributed by atoms with Crippen molar-refractivity contribution in [2.24, 2.45) is 0 Å². The predicted molar refractivity (Wildman–Crippen MR) is 102 cm³/mol. The van der Waals surface area contributed by atoms with Gasteiger partial charge in [0.25, 0.3) is 5.91 Å². The van der Waals surface area contributed by atoms with E-state index in [2.05, 4.69) is 10.6 Å². The number of hydrogen-bond donors (Lipinski definition) is 2. The molecule has 0 spiro atoms. The van der Waals surface area contributed by atoms with Crippen molar-refractivity contribution in [3.8, 4) is 0 Å². The summed E-state index contributed by atoms with van der Waals surface area (Å²) in [5.41, 5.74) is 1.66. The number of carbonyl (C=O) groups is 3. The fraction of sp³-hybridized carbons (Fsp3) is 0.350. The minimum Gasteiger partial charge on any atom is -0.459 e. The number of anilines is 1. The first kappa shape index (κ1) is 20.2. The molecule has 2 rings (SSSR count). The van der Waals surface area contributed by atoms with Crippen molar-refractivity contribution in [3.63, 3.8) is 0 Å². The summed E-state index contributed by atoms with van der Waals surface area (Å²) in [5, 5.41) is 5.42. The van der Waals surface area contributed by atoms with Crippen LogP contribution < -0.4 is 10.6 Å². The van der Waals surface area contributed by atoms with Crippen molar-refractivity contribution in [2.75, 3.05) is 18.4 Å². The Bertz CT molecular complexity index is 786. The molecule has 0 aliphatic rings. The van der Waals surface area contributed by atoms with Crippen molar-refractivity contribution in [2.45, 2.75) is 33.2 Å². The smallest absolute Gasteiger partial charge is 0.287 e. The molecule has 1 unspecified atom stereocenters. The predicted octanol–water partition coefficient (Wildman–Crippen LogP) is 2.58. The normalized spacial score (nSPS) is 11.5. The van der Waals surface area contributed by atoms with Crippen LogP contribution in [0.2, 0.25) is 0 Å². The van der Waals surface area contributed by atoms with Crippen molar-refractivity contribution < 1.29 is 18.8 Å². The zero-order valence-corrected chi connectivity index (χ0v) is 15.8. The number of aryl methyl sites for hydroxylation is 1. The molecule has 1 atom stereocenters. The van der Waals surface area contributed by atoms with Gasteiger partial charge in [-0.15, -0.1) is 0 Å². The Morgan fingerprint density at radius 3 is 2.52 bits per heavy atom. The first-order chi connectivity index (χ1) is 12.9. The fourth-order valence-corrected chi connectivity index (χ4v) is 2.62. The average molecular weight is 371 g/mol. The summed E-state index contributed by atoms with van der Waals surface area (Å²) in [4.78, 5) is 38.6. The summed E-state index contributed by atoms with van der Waals surface area (Å²) in [7, 11) is 0. The Hall–Kier alpha value is -3.09. The quantitative estimate of drug-likeness (QED) is 0.746. The van der Waals surface area contributed by atoms with Gasteiger partial charge in [-0.05, 0) is 44.0 Å². The largest absolute Gasteiger partial charge is 0.459 e. The maximum absolute atomic E-state index is 12.7. The summed E-state index contributed by atoms with van der Waals surface area (Å²) in [5.74, 6) is -0.942.